The second kappa shape index (κ2) is 6.12. The van der Waals surface area contributed by atoms with Crippen LogP contribution in [0.25, 0.3) is 0 Å². The molecule has 2 rings (SSSR count). The van der Waals surface area contributed by atoms with Gasteiger partial charge in [-0.15, -0.1) is 0 Å². The zero-order chi connectivity index (χ0) is 14.8. The highest BCUT2D eigenvalue weighted by molar-refractivity contribution is 5.85. The average molecular weight is 281 g/mol. The Hall–Kier alpha value is -1.10. The maximum atomic E-state index is 12.1. The van der Waals surface area contributed by atoms with E-state index in [-0.39, 0.29) is 5.91 Å². The minimum Gasteiger partial charge on any atom is -0.342 e. The molecule has 2 fully saturated rings. The van der Waals surface area contributed by atoms with Gasteiger partial charge in [-0.05, 0) is 45.4 Å². The third-order valence-electron chi connectivity index (χ3n) is 4.35. The Bertz CT molecular complexity index is 368. The Labute approximate surface area is 121 Å². The smallest absolute Gasteiger partial charge is 0.242 e. The van der Waals surface area contributed by atoms with E-state index in [9.17, 15) is 9.59 Å². The van der Waals surface area contributed by atoms with Gasteiger partial charge >= 0.3 is 0 Å². The van der Waals surface area contributed by atoms with Gasteiger partial charge in [-0.1, -0.05) is 0 Å². The van der Waals surface area contributed by atoms with Crippen molar-refractivity contribution in [1.82, 2.24) is 9.80 Å². The number of piperidine rings is 2. The van der Waals surface area contributed by atoms with Gasteiger partial charge in [0.25, 0.3) is 0 Å². The molecule has 2 aliphatic rings. The molecule has 114 valence electrons. The molecule has 5 heteroatoms. The van der Waals surface area contributed by atoms with Crippen LogP contribution in [0.1, 0.15) is 46.0 Å². The number of carbonyl (C=O) groups excluding carboxylic acids is 2. The van der Waals surface area contributed by atoms with Crippen molar-refractivity contribution in [2.75, 3.05) is 26.2 Å². The van der Waals surface area contributed by atoms with Crippen molar-refractivity contribution in [3.8, 4) is 0 Å². The summed E-state index contributed by atoms with van der Waals surface area (Å²) in [6.45, 7) is 6.83. The third kappa shape index (κ3) is 3.72. The van der Waals surface area contributed by atoms with Gasteiger partial charge in [0.1, 0.15) is 0 Å². The second-order valence-corrected chi connectivity index (χ2v) is 6.75. The van der Waals surface area contributed by atoms with E-state index in [1.54, 1.807) is 13.8 Å². The van der Waals surface area contributed by atoms with E-state index in [0.717, 1.165) is 51.9 Å². The van der Waals surface area contributed by atoms with E-state index in [4.69, 9.17) is 5.73 Å². The normalized spacial score (nSPS) is 22.2. The van der Waals surface area contributed by atoms with Gasteiger partial charge in [-0.3, -0.25) is 9.59 Å². The molecule has 20 heavy (non-hydrogen) atoms. The lowest BCUT2D eigenvalue weighted by atomic mass is 9.93. The van der Waals surface area contributed by atoms with Crippen LogP contribution < -0.4 is 5.73 Å². The topological polar surface area (TPSA) is 66.6 Å². The van der Waals surface area contributed by atoms with Gasteiger partial charge in [0.2, 0.25) is 11.8 Å². The Balaban J connectivity index is 1.79. The molecule has 0 aliphatic carbocycles. The number of carbonyl (C=O) groups is 2. The molecule has 0 spiro atoms. The third-order valence-corrected chi connectivity index (χ3v) is 4.35. The van der Waals surface area contributed by atoms with E-state index in [2.05, 4.69) is 0 Å². The van der Waals surface area contributed by atoms with E-state index in [1.807, 2.05) is 9.80 Å². The Morgan fingerprint density at radius 2 is 1.90 bits per heavy atom. The highest BCUT2D eigenvalue weighted by atomic mass is 16.2. The van der Waals surface area contributed by atoms with Crippen LogP contribution in [0.2, 0.25) is 0 Å². The van der Waals surface area contributed by atoms with Gasteiger partial charge in [-0.2, -0.15) is 0 Å². The van der Waals surface area contributed by atoms with Crippen molar-refractivity contribution in [2.45, 2.75) is 51.5 Å². The number of nitrogens with two attached hydrogens (primary N) is 1. The highest BCUT2D eigenvalue weighted by Crippen LogP contribution is 2.22. The average Bonchev–Trinajstić information content (AvgIpc) is 2.40. The molecule has 0 aromatic rings. The molecule has 2 heterocycles. The quantitative estimate of drug-likeness (QED) is 0.838. The van der Waals surface area contributed by atoms with Gasteiger partial charge in [0.05, 0.1) is 5.54 Å². The van der Waals surface area contributed by atoms with Crippen molar-refractivity contribution in [1.29, 1.82) is 0 Å². The molecule has 0 bridgehead atoms. The van der Waals surface area contributed by atoms with Gasteiger partial charge in [0, 0.05) is 32.6 Å². The maximum Gasteiger partial charge on any atom is 0.242 e. The van der Waals surface area contributed by atoms with E-state index < -0.39 is 5.54 Å². The number of hydrogen-bond donors (Lipinski definition) is 1. The van der Waals surface area contributed by atoms with E-state index in [0.29, 0.717) is 18.2 Å². The van der Waals surface area contributed by atoms with Crippen LogP contribution in [0.15, 0.2) is 0 Å². The first-order valence-corrected chi connectivity index (χ1v) is 7.74. The number of hydrogen-bond acceptors (Lipinski definition) is 3. The monoisotopic (exact) mass is 281 g/mol. The molecule has 2 saturated heterocycles. The minimum atomic E-state index is -0.782. The van der Waals surface area contributed by atoms with Crippen LogP contribution in [0.4, 0.5) is 0 Å². The molecule has 0 unspecified atom stereocenters. The lowest BCUT2D eigenvalue weighted by molar-refractivity contribution is -0.138. The highest BCUT2D eigenvalue weighted by Gasteiger charge is 2.31. The first-order valence-electron chi connectivity index (χ1n) is 7.74. The van der Waals surface area contributed by atoms with Crippen LogP contribution in [0.5, 0.6) is 0 Å². The Kier molecular flexibility index (Phi) is 4.68. The molecule has 0 atom stereocenters. The largest absolute Gasteiger partial charge is 0.342 e. The first kappa shape index (κ1) is 15.3. The predicted octanol–water partition coefficient (Wildman–Crippen LogP) is 0.975. The Morgan fingerprint density at radius 1 is 1.25 bits per heavy atom. The standard InChI is InChI=1S/C15H27N3O2/c1-15(2,16)14(20)17-9-6-12(7-10-17)11-18-8-4-3-5-13(18)19/h12H,3-11,16H2,1-2H3. The fourth-order valence-corrected chi connectivity index (χ4v) is 3.09. The van der Waals surface area contributed by atoms with Crippen LogP contribution in [-0.2, 0) is 9.59 Å². The fraction of sp³-hybridized carbons (Fsp3) is 0.867. The van der Waals surface area contributed by atoms with Crippen molar-refractivity contribution >= 4 is 11.8 Å². The number of amides is 2. The number of nitrogens with zero attached hydrogens (tertiary/aromatic N) is 2. The molecule has 2 aliphatic heterocycles. The second-order valence-electron chi connectivity index (χ2n) is 6.75. The van der Waals surface area contributed by atoms with Crippen LogP contribution in [0.3, 0.4) is 0 Å². The summed E-state index contributed by atoms with van der Waals surface area (Å²) in [5, 5.41) is 0. The van der Waals surface area contributed by atoms with Gasteiger partial charge in [-0.25, -0.2) is 0 Å². The summed E-state index contributed by atoms with van der Waals surface area (Å²) in [4.78, 5) is 27.8. The molecular weight excluding hydrogens is 254 g/mol. The molecular formula is C15H27N3O2. The molecule has 0 saturated carbocycles. The SMILES string of the molecule is CC(C)(N)C(=O)N1CCC(CN2CCCCC2=O)CC1. The lowest BCUT2D eigenvalue weighted by Crippen LogP contribution is -2.53. The summed E-state index contributed by atoms with van der Waals surface area (Å²) in [6.07, 6.45) is 4.83. The van der Waals surface area contributed by atoms with E-state index >= 15 is 0 Å². The summed E-state index contributed by atoms with van der Waals surface area (Å²) in [7, 11) is 0. The molecule has 0 aromatic heterocycles. The first-order chi connectivity index (χ1) is 9.38. The summed E-state index contributed by atoms with van der Waals surface area (Å²) >= 11 is 0. The molecule has 0 aromatic carbocycles. The van der Waals surface area contributed by atoms with Gasteiger partial charge < -0.3 is 15.5 Å². The van der Waals surface area contributed by atoms with Crippen LogP contribution in [-0.4, -0.2) is 53.3 Å². The van der Waals surface area contributed by atoms with Gasteiger partial charge in [0.15, 0.2) is 0 Å². The molecule has 2 N–H and O–H groups in total. The van der Waals surface area contributed by atoms with Crippen LogP contribution >= 0.6 is 0 Å². The van der Waals surface area contributed by atoms with Crippen molar-refractivity contribution < 1.29 is 9.59 Å². The molecule has 2 amide bonds. The van der Waals surface area contributed by atoms with E-state index in [1.165, 1.54) is 0 Å². The lowest BCUT2D eigenvalue weighted by Gasteiger charge is -2.38. The van der Waals surface area contributed by atoms with Crippen molar-refractivity contribution in [3.63, 3.8) is 0 Å². The number of rotatable bonds is 3. The Morgan fingerprint density at radius 3 is 2.45 bits per heavy atom. The summed E-state index contributed by atoms with van der Waals surface area (Å²) in [5.74, 6) is 0.866. The minimum absolute atomic E-state index is 0.0324. The summed E-state index contributed by atoms with van der Waals surface area (Å²) in [6, 6.07) is 0. The molecule has 0 radical (unpaired) electrons. The van der Waals surface area contributed by atoms with Crippen LogP contribution in [0, 0.1) is 5.92 Å². The zero-order valence-corrected chi connectivity index (χ0v) is 12.7. The predicted molar refractivity (Wildman–Crippen MR) is 78.0 cm³/mol. The number of likely N-dealkylation sites (tertiary alicyclic amines) is 2. The maximum absolute atomic E-state index is 12.1. The van der Waals surface area contributed by atoms with Crippen molar-refractivity contribution in [3.05, 3.63) is 0 Å². The summed E-state index contributed by atoms with van der Waals surface area (Å²) < 4.78 is 0. The van der Waals surface area contributed by atoms with Crippen molar-refractivity contribution in [2.24, 2.45) is 11.7 Å². The molecule has 5 nitrogen and oxygen atoms in total. The summed E-state index contributed by atoms with van der Waals surface area (Å²) in [5.41, 5.74) is 5.09. The zero-order valence-electron chi connectivity index (χ0n) is 12.7. The fourth-order valence-electron chi connectivity index (χ4n) is 3.09.